The number of methoxy groups -OCH3 is 2. The number of nitrogens with zero attached hydrogens (tertiary/aromatic N) is 2. The number of amides is 4. The van der Waals surface area contributed by atoms with Gasteiger partial charge in [-0.05, 0) is 49.4 Å². The molecule has 8 unspecified atom stereocenters. The first-order valence-electron chi connectivity index (χ1n) is 19.9. The van der Waals surface area contributed by atoms with E-state index < -0.39 is 54.2 Å². The number of aliphatic carboxylic acids is 1. The molecule has 0 aliphatic carbocycles. The van der Waals surface area contributed by atoms with Crippen molar-refractivity contribution in [3.05, 3.63) is 34.9 Å². The van der Waals surface area contributed by atoms with Crippen LogP contribution in [-0.2, 0) is 39.9 Å². The Kier molecular flexibility index (Phi) is 25.7. The predicted molar refractivity (Wildman–Crippen MR) is 219 cm³/mol. The molecular formula is C41H72ClN5O8. The average molecular weight is 799 g/mol. The molecule has 2 rings (SSSR count). The van der Waals surface area contributed by atoms with Crippen LogP contribution in [0.4, 0.5) is 0 Å². The second kappa shape index (κ2) is 27.4. The van der Waals surface area contributed by atoms with Crippen molar-refractivity contribution in [1.82, 2.24) is 25.8 Å². The summed E-state index contributed by atoms with van der Waals surface area (Å²) in [6.45, 7) is 18.0. The van der Waals surface area contributed by atoms with Gasteiger partial charge in [0.2, 0.25) is 23.6 Å². The van der Waals surface area contributed by atoms with Gasteiger partial charge in [0, 0.05) is 39.3 Å². The highest BCUT2D eigenvalue weighted by Gasteiger charge is 2.42. The van der Waals surface area contributed by atoms with Gasteiger partial charge in [0.05, 0.1) is 49.2 Å². The smallest absolute Gasteiger partial charge is 0.326 e. The van der Waals surface area contributed by atoms with Gasteiger partial charge in [0.1, 0.15) is 6.04 Å². The van der Waals surface area contributed by atoms with Crippen LogP contribution >= 0.6 is 11.6 Å². The lowest BCUT2D eigenvalue weighted by Gasteiger charge is -2.39. The summed E-state index contributed by atoms with van der Waals surface area (Å²) in [5.41, 5.74) is 0.669. The van der Waals surface area contributed by atoms with E-state index >= 15 is 0 Å². The Morgan fingerprint density at radius 1 is 1.02 bits per heavy atom. The lowest BCUT2D eigenvalue weighted by atomic mass is 9.90. The van der Waals surface area contributed by atoms with E-state index in [1.165, 1.54) is 20.6 Å². The molecule has 1 aromatic rings. The molecule has 1 aliphatic heterocycles. The summed E-state index contributed by atoms with van der Waals surface area (Å²) in [5, 5.41) is 18.7. The third kappa shape index (κ3) is 16.4. The molecule has 1 saturated heterocycles. The zero-order valence-corrected chi connectivity index (χ0v) is 36.5. The van der Waals surface area contributed by atoms with Gasteiger partial charge >= 0.3 is 5.97 Å². The van der Waals surface area contributed by atoms with Gasteiger partial charge in [-0.2, -0.15) is 0 Å². The van der Waals surface area contributed by atoms with Gasteiger partial charge in [-0.3, -0.25) is 19.2 Å². The molecule has 13 nitrogen and oxygen atoms in total. The number of hydrogen-bond donors (Lipinski definition) is 4. The van der Waals surface area contributed by atoms with E-state index in [9.17, 15) is 29.1 Å². The molecule has 0 saturated carbocycles. The number of likely N-dealkylation sites (tertiary alicyclic amines) is 1. The summed E-state index contributed by atoms with van der Waals surface area (Å²) in [6.07, 6.45) is 1.96. The molecule has 14 heteroatoms. The lowest BCUT2D eigenvalue weighted by Crippen LogP contribution is -2.55. The number of carbonyl (C=O) groups excluding carboxylic acids is 4. The number of carboxylic acids is 1. The van der Waals surface area contributed by atoms with Gasteiger partial charge < -0.3 is 40.3 Å². The van der Waals surface area contributed by atoms with E-state index in [0.29, 0.717) is 30.0 Å². The van der Waals surface area contributed by atoms with E-state index in [4.69, 9.17) is 21.1 Å². The summed E-state index contributed by atoms with van der Waals surface area (Å²) in [4.78, 5) is 68.7. The van der Waals surface area contributed by atoms with Crippen molar-refractivity contribution in [3.8, 4) is 0 Å². The van der Waals surface area contributed by atoms with Gasteiger partial charge in [0.15, 0.2) is 0 Å². The van der Waals surface area contributed by atoms with Crippen molar-refractivity contribution < 1.29 is 38.6 Å². The summed E-state index contributed by atoms with van der Waals surface area (Å²) < 4.78 is 11.7. The maximum Gasteiger partial charge on any atom is 0.326 e. The van der Waals surface area contributed by atoms with Gasteiger partial charge in [-0.25, -0.2) is 4.79 Å². The lowest BCUT2D eigenvalue weighted by molar-refractivity contribution is -0.147. The molecule has 0 spiro atoms. The van der Waals surface area contributed by atoms with Crippen LogP contribution in [0.1, 0.15) is 100.0 Å². The Morgan fingerprint density at radius 2 is 1.64 bits per heavy atom. The largest absolute Gasteiger partial charge is 0.480 e. The second-order valence-electron chi connectivity index (χ2n) is 14.3. The third-order valence-electron chi connectivity index (χ3n) is 9.92. The van der Waals surface area contributed by atoms with Crippen LogP contribution in [0.2, 0.25) is 5.02 Å². The molecule has 1 heterocycles. The molecule has 1 aromatic carbocycles. The van der Waals surface area contributed by atoms with Gasteiger partial charge in [-0.1, -0.05) is 98.9 Å². The molecule has 0 aromatic heterocycles. The molecule has 4 amide bonds. The first-order chi connectivity index (χ1) is 26.0. The zero-order chi connectivity index (χ0) is 42.4. The number of halogens is 1. The first kappa shape index (κ1) is 51.7. The van der Waals surface area contributed by atoms with Crippen LogP contribution in [0.3, 0.4) is 0 Å². The molecule has 8 atom stereocenters. The maximum absolute atomic E-state index is 14.0. The molecule has 55 heavy (non-hydrogen) atoms. The van der Waals surface area contributed by atoms with Crippen molar-refractivity contribution >= 4 is 41.2 Å². The SMILES string of the molecule is CC.CCC.CCC(C)C(C(CC(=O)N1CCCC1C(OC)C(C)C(=O)NC(Cc1cccc(Cl)c1)C(=O)O)OC)N(C)C(=O)CNC(=O)C(NC)C(C)C. The number of hydrogen-bond acceptors (Lipinski definition) is 8. The van der Waals surface area contributed by atoms with Crippen molar-refractivity contribution in [3.63, 3.8) is 0 Å². The van der Waals surface area contributed by atoms with Crippen molar-refractivity contribution in [2.45, 2.75) is 137 Å². The summed E-state index contributed by atoms with van der Waals surface area (Å²) in [5.74, 6) is -3.21. The molecule has 0 radical (unpaired) electrons. The predicted octanol–water partition coefficient (Wildman–Crippen LogP) is 5.17. The van der Waals surface area contributed by atoms with E-state index in [1.54, 1.807) is 55.1 Å². The molecule has 316 valence electrons. The molecule has 1 aliphatic rings. The minimum absolute atomic E-state index is 0.0150. The molecule has 1 fully saturated rings. The van der Waals surface area contributed by atoms with Crippen LogP contribution in [0, 0.1) is 17.8 Å². The van der Waals surface area contributed by atoms with Crippen molar-refractivity contribution in [2.75, 3.05) is 41.4 Å². The summed E-state index contributed by atoms with van der Waals surface area (Å²) in [6, 6.07) is 4.30. The Morgan fingerprint density at radius 3 is 2.13 bits per heavy atom. The van der Waals surface area contributed by atoms with Gasteiger partial charge in [0.25, 0.3) is 0 Å². The topological polar surface area (TPSA) is 167 Å². The third-order valence-corrected chi connectivity index (χ3v) is 10.2. The van der Waals surface area contributed by atoms with E-state index in [2.05, 4.69) is 29.8 Å². The van der Waals surface area contributed by atoms with E-state index in [1.807, 2.05) is 41.5 Å². The van der Waals surface area contributed by atoms with Gasteiger partial charge in [-0.15, -0.1) is 0 Å². The average Bonchev–Trinajstić information content (AvgIpc) is 3.64. The second-order valence-corrected chi connectivity index (χ2v) is 14.7. The fourth-order valence-electron chi connectivity index (χ4n) is 6.89. The number of carboxylic acid groups (broad SMARTS) is 1. The fourth-order valence-corrected chi connectivity index (χ4v) is 7.11. The van der Waals surface area contributed by atoms with E-state index in [-0.39, 0.29) is 48.9 Å². The van der Waals surface area contributed by atoms with E-state index in [0.717, 1.165) is 6.42 Å². The Labute approximate surface area is 336 Å². The monoisotopic (exact) mass is 798 g/mol. The standard InChI is InChI=1S/C36H58ClN5O8.C3H8.C2H6/c1-10-22(4)32(41(7)30(44)20-39-35(46)31(38-6)21(2)3)28(49-8)19-29(43)42-16-12-15-27(42)33(50-9)23(5)34(45)40-26(36(47)48)18-24-13-11-14-25(37)17-24;1-3-2;1-2/h11,13-14,17,21-23,26-28,31-33,38H,10,12,15-16,18-20H2,1-9H3,(H,39,46)(H,40,45)(H,47,48);3H2,1-2H3;1-2H3. The minimum Gasteiger partial charge on any atom is -0.480 e. The van der Waals surface area contributed by atoms with Crippen LogP contribution in [0.15, 0.2) is 24.3 Å². The maximum atomic E-state index is 14.0. The highest BCUT2D eigenvalue weighted by Crippen LogP contribution is 2.29. The Hall–Kier alpha value is -3.26. The van der Waals surface area contributed by atoms with Crippen molar-refractivity contribution in [1.29, 1.82) is 0 Å². The number of carbonyl (C=O) groups is 5. The van der Waals surface area contributed by atoms with Crippen LogP contribution in [0.25, 0.3) is 0 Å². The number of ether oxygens (including phenoxy) is 2. The molecular weight excluding hydrogens is 726 g/mol. The summed E-state index contributed by atoms with van der Waals surface area (Å²) >= 11 is 6.07. The minimum atomic E-state index is -1.19. The van der Waals surface area contributed by atoms with Crippen LogP contribution in [0.5, 0.6) is 0 Å². The van der Waals surface area contributed by atoms with Crippen LogP contribution in [-0.4, -0.2) is 122 Å². The Bertz CT molecular complexity index is 1320. The first-order valence-corrected chi connectivity index (χ1v) is 20.2. The quantitative estimate of drug-likeness (QED) is 0.139. The molecule has 4 N–H and O–H groups in total. The fraction of sp³-hybridized carbons (Fsp3) is 0.732. The highest BCUT2D eigenvalue weighted by atomic mass is 35.5. The normalized spacial score (nSPS) is 17.5. The number of nitrogens with one attached hydrogen (secondary N) is 3. The highest BCUT2D eigenvalue weighted by molar-refractivity contribution is 6.30. The molecule has 0 bridgehead atoms. The zero-order valence-electron chi connectivity index (χ0n) is 35.7. The number of likely N-dealkylation sites (N-methyl/N-ethyl adjacent to an activating group) is 2. The van der Waals surface area contributed by atoms with Crippen LogP contribution < -0.4 is 16.0 Å². The number of benzene rings is 1. The van der Waals surface area contributed by atoms with Crippen molar-refractivity contribution in [2.24, 2.45) is 17.8 Å². The number of rotatable bonds is 20. The Balaban J connectivity index is 0.00000554. The summed E-state index contributed by atoms with van der Waals surface area (Å²) in [7, 11) is 6.36.